The van der Waals surface area contributed by atoms with E-state index in [1.165, 1.54) is 6.92 Å². The minimum absolute atomic E-state index is 0.729. The van der Waals surface area contributed by atoms with Gasteiger partial charge in [0.1, 0.15) is 165 Å². The SMILES string of the molecule is CC(=O)N[C@@H]1[C@@H](O)[C@H](O[C@@H]2O[C@H](CO)[C@@H](O[C@@H]3O[C@H](CO[C@H]4O[C@H](CO[C@@H]5O[C@H](CO)[C@@H](O[C@@H]6O[C@H](CO)[C@H](O)[C@H](O)[C@H]6O)[C@H](O)[C@H]5NC(C)=O)[C@@H](O)[C@H](O)[C@@H]4O)[C@@H](O)[C@H](O)[C@@H]3O)[C@H](O)[C@H]2NC(C)=O)[C@@H](CO[C@@H]2O[C@@H](C)[C@@H](O)[C@@H](O)[C@@H]2O)O[C@H]1O. The number of aliphatic hydroxyl groups excluding tert-OH is 19. The van der Waals surface area contributed by atoms with Crippen LogP contribution in [-0.4, -0.2) is 369 Å². The Kier molecular flexibility index (Phi) is 25.0. The van der Waals surface area contributed by atoms with Crippen LogP contribution >= 0.6 is 0 Å². The normalized spacial score (nSPS) is 49.4. The lowest BCUT2D eigenvalue weighted by Gasteiger charge is -2.49. The van der Waals surface area contributed by atoms with Crippen molar-refractivity contribution in [2.45, 2.75) is 242 Å². The van der Waals surface area contributed by atoms with E-state index in [-0.39, 0.29) is 0 Å². The molecule has 38 nitrogen and oxygen atoms in total. The van der Waals surface area contributed by atoms with Crippen molar-refractivity contribution in [3.05, 3.63) is 0 Å². The van der Waals surface area contributed by atoms with Gasteiger partial charge in [-0.2, -0.15) is 0 Å². The summed E-state index contributed by atoms with van der Waals surface area (Å²) < 4.78 is 74.5. The van der Waals surface area contributed by atoms with Crippen molar-refractivity contribution in [3.63, 3.8) is 0 Å². The Bertz CT molecular complexity index is 2170. The van der Waals surface area contributed by atoms with Gasteiger partial charge in [-0.25, -0.2) is 0 Å². The first-order valence-corrected chi connectivity index (χ1v) is 27.5. The van der Waals surface area contributed by atoms with Gasteiger partial charge in [0.25, 0.3) is 0 Å². The number of hydrogen-bond acceptors (Lipinski definition) is 35. The molecule has 0 radical (unpaired) electrons. The number of nitrogens with one attached hydrogen (secondary N) is 3. The first kappa shape index (κ1) is 70.6. The zero-order valence-electron chi connectivity index (χ0n) is 46.5. The molecule has 7 aliphatic rings. The molecule has 0 unspecified atom stereocenters. The number of carbonyl (C=O) groups is 3. The van der Waals surface area contributed by atoms with E-state index in [0.29, 0.717) is 0 Å². The van der Waals surface area contributed by atoms with Crippen LogP contribution in [0, 0.1) is 0 Å². The van der Waals surface area contributed by atoms with Gasteiger partial charge < -0.3 is 175 Å². The van der Waals surface area contributed by atoms with Crippen LogP contribution in [0.5, 0.6) is 0 Å². The lowest BCUT2D eigenvalue weighted by Crippen LogP contribution is -2.70. The monoisotopic (exact) mass is 1260 g/mol. The van der Waals surface area contributed by atoms with E-state index >= 15 is 0 Å². The van der Waals surface area contributed by atoms with E-state index in [1.54, 1.807) is 0 Å². The minimum Gasteiger partial charge on any atom is -0.394 e. The average Bonchev–Trinajstić information content (AvgIpc) is 1.16. The summed E-state index contributed by atoms with van der Waals surface area (Å²) in [5.74, 6) is -2.37. The average molecular weight is 1260 g/mol. The van der Waals surface area contributed by atoms with E-state index in [4.69, 9.17) is 61.6 Å². The van der Waals surface area contributed by atoms with E-state index in [9.17, 15) is 111 Å². The second-order valence-corrected chi connectivity index (χ2v) is 21.9. The summed E-state index contributed by atoms with van der Waals surface area (Å²) in [6.45, 7) is -0.807. The summed E-state index contributed by atoms with van der Waals surface area (Å²) in [7, 11) is 0. The third kappa shape index (κ3) is 15.7. The molecule has 0 saturated carbocycles. The molecule has 7 saturated heterocycles. The quantitative estimate of drug-likeness (QED) is 0.0507. The summed E-state index contributed by atoms with van der Waals surface area (Å²) in [4.78, 5) is 37.2. The fourth-order valence-corrected chi connectivity index (χ4v) is 10.9. The maximum absolute atomic E-state index is 12.7. The molecular weight excluding hydrogens is 1180 g/mol. The Balaban J connectivity index is 1.01. The predicted molar refractivity (Wildman–Crippen MR) is 265 cm³/mol. The van der Waals surface area contributed by atoms with Crippen molar-refractivity contribution in [2.24, 2.45) is 0 Å². The van der Waals surface area contributed by atoms with Crippen molar-refractivity contribution in [1.82, 2.24) is 16.0 Å². The van der Waals surface area contributed by atoms with Crippen LogP contribution in [0.3, 0.4) is 0 Å². The molecule has 35 atom stereocenters. The van der Waals surface area contributed by atoms with Crippen LogP contribution in [0.4, 0.5) is 0 Å². The molecule has 7 fully saturated rings. The first-order chi connectivity index (χ1) is 40.5. The largest absolute Gasteiger partial charge is 0.394 e. The molecule has 38 heteroatoms. The third-order valence-corrected chi connectivity index (χ3v) is 15.7. The van der Waals surface area contributed by atoms with Crippen molar-refractivity contribution in [2.75, 3.05) is 39.6 Å². The molecule has 86 heavy (non-hydrogen) atoms. The fourth-order valence-electron chi connectivity index (χ4n) is 10.9. The van der Waals surface area contributed by atoms with Gasteiger partial charge in [0, 0.05) is 20.8 Å². The number of hydrogen-bond donors (Lipinski definition) is 22. The summed E-state index contributed by atoms with van der Waals surface area (Å²) in [5.41, 5.74) is 0. The van der Waals surface area contributed by atoms with Crippen molar-refractivity contribution in [1.29, 1.82) is 0 Å². The van der Waals surface area contributed by atoms with E-state index in [0.717, 1.165) is 20.8 Å². The summed E-state index contributed by atoms with van der Waals surface area (Å²) in [5, 5.41) is 212. The van der Waals surface area contributed by atoms with E-state index < -0.39 is 272 Å². The summed E-state index contributed by atoms with van der Waals surface area (Å²) >= 11 is 0. The predicted octanol–water partition coefficient (Wildman–Crippen LogP) is -14.8. The molecule has 0 spiro atoms. The third-order valence-electron chi connectivity index (χ3n) is 15.7. The van der Waals surface area contributed by atoms with E-state index in [1.807, 2.05) is 0 Å². The Morgan fingerprint density at radius 3 is 1.10 bits per heavy atom. The number of carbonyl (C=O) groups excluding carboxylic acids is 3. The molecular formula is C48H81N3O35. The Hall–Kier alpha value is -2.87. The molecule has 7 rings (SSSR count). The first-order valence-electron chi connectivity index (χ1n) is 27.5. The van der Waals surface area contributed by atoms with Gasteiger partial charge in [-0.15, -0.1) is 0 Å². The highest BCUT2D eigenvalue weighted by Gasteiger charge is 2.57. The van der Waals surface area contributed by atoms with Gasteiger partial charge in [0.15, 0.2) is 44.0 Å². The minimum atomic E-state index is -2.18. The van der Waals surface area contributed by atoms with Crippen LogP contribution in [-0.2, 0) is 76.0 Å². The molecule has 7 heterocycles. The van der Waals surface area contributed by atoms with Crippen LogP contribution in [0.1, 0.15) is 27.7 Å². The van der Waals surface area contributed by atoms with Gasteiger partial charge in [0.05, 0.1) is 45.7 Å². The second-order valence-electron chi connectivity index (χ2n) is 21.9. The standard InChI is InChI=1S/C48H81N3O35/c1-11-24(58)31(65)35(69)45(77-11)76-10-20-41(28(62)21(42(73)78-20)49-12(2)55)84-44-23(51-14(4)57)30(64)40(17(7-54)81-44)86-48-38(72)34(68)27(61)19(83-48)9-75-46-36(70)33(67)26(60)18(82-46)8-74-43-22(50-13(3)56)29(63)39(16(6-53)80-43)85-47-37(71)32(66)25(59)15(5-52)79-47/h11,15-48,52-54,58-73H,5-10H2,1-4H3,(H,49,55)(H,50,56)(H,51,57)/t11-,15+,16+,17+,18+,19+,20+,21+,22+,23+,24+,25-,26+,27+,28+,29+,30+,31+,32-,33-,34-,35-,36-,37+,38-,39+,40+,41+,42+,43+,44-,45+,46-,47-,48-/m0/s1. The van der Waals surface area contributed by atoms with Gasteiger partial charge in [-0.3, -0.25) is 14.4 Å². The van der Waals surface area contributed by atoms with Gasteiger partial charge in [-0.05, 0) is 6.92 Å². The van der Waals surface area contributed by atoms with Crippen molar-refractivity contribution < 1.29 is 173 Å². The smallest absolute Gasteiger partial charge is 0.217 e. The molecule has 22 N–H and O–H groups in total. The van der Waals surface area contributed by atoms with Crippen molar-refractivity contribution >= 4 is 17.7 Å². The maximum Gasteiger partial charge on any atom is 0.217 e. The highest BCUT2D eigenvalue weighted by atomic mass is 16.8. The van der Waals surface area contributed by atoms with Crippen LogP contribution in [0.15, 0.2) is 0 Å². The molecule has 0 aromatic rings. The van der Waals surface area contributed by atoms with Crippen LogP contribution in [0.25, 0.3) is 0 Å². The topological polar surface area (TPSA) is 592 Å². The maximum atomic E-state index is 12.7. The molecule has 0 aliphatic carbocycles. The Morgan fingerprint density at radius 2 is 0.640 bits per heavy atom. The lowest BCUT2D eigenvalue weighted by atomic mass is 9.94. The molecule has 7 aliphatic heterocycles. The van der Waals surface area contributed by atoms with Crippen LogP contribution in [0.2, 0.25) is 0 Å². The summed E-state index contributed by atoms with van der Waals surface area (Å²) in [6, 6.07) is -4.98. The zero-order valence-corrected chi connectivity index (χ0v) is 46.5. The van der Waals surface area contributed by atoms with Gasteiger partial charge in [0.2, 0.25) is 17.7 Å². The molecule has 0 aromatic heterocycles. The van der Waals surface area contributed by atoms with Gasteiger partial charge in [-0.1, -0.05) is 0 Å². The molecule has 0 bridgehead atoms. The number of rotatable bonds is 21. The van der Waals surface area contributed by atoms with Crippen LogP contribution < -0.4 is 16.0 Å². The van der Waals surface area contributed by atoms with Crippen molar-refractivity contribution in [3.8, 4) is 0 Å². The lowest BCUT2D eigenvalue weighted by molar-refractivity contribution is -0.368. The van der Waals surface area contributed by atoms with E-state index in [2.05, 4.69) is 16.0 Å². The Labute approximate surface area is 488 Å². The zero-order chi connectivity index (χ0) is 63.5. The highest BCUT2D eigenvalue weighted by molar-refractivity contribution is 5.74. The number of amides is 3. The molecule has 0 aromatic carbocycles. The number of aliphatic hydroxyl groups is 19. The highest BCUT2D eigenvalue weighted by Crippen LogP contribution is 2.36. The Morgan fingerprint density at radius 1 is 0.326 bits per heavy atom. The number of ether oxygens (including phenoxy) is 13. The summed E-state index contributed by atoms with van der Waals surface area (Å²) in [6.07, 6.45) is -58.5. The van der Waals surface area contributed by atoms with Gasteiger partial charge >= 0.3 is 0 Å². The second kappa shape index (κ2) is 30.5. The fraction of sp³-hybridized carbons (Fsp3) is 0.938. The molecule has 498 valence electrons. The molecule has 3 amide bonds.